The molecule has 1 atom stereocenters. The maximum atomic E-state index is 5.26. The van der Waals surface area contributed by atoms with Crippen molar-refractivity contribution >= 4 is 0 Å². The standard InChI is InChI=1S/C15H23NO2/c1-11(17-2)10-16-14-7-13(8-14)12-5-4-6-15(9-12)18-3/h4-6,9,11,13-14,16H,7-8,10H2,1-3H3. The Labute approximate surface area is 109 Å². The van der Waals surface area contributed by atoms with E-state index in [1.54, 1.807) is 14.2 Å². The molecule has 18 heavy (non-hydrogen) atoms. The van der Waals surface area contributed by atoms with E-state index in [1.165, 1.54) is 18.4 Å². The lowest BCUT2D eigenvalue weighted by Gasteiger charge is -2.37. The molecule has 1 aliphatic carbocycles. The van der Waals surface area contributed by atoms with Gasteiger partial charge in [0.05, 0.1) is 13.2 Å². The fourth-order valence-corrected chi connectivity index (χ4v) is 2.37. The van der Waals surface area contributed by atoms with E-state index in [9.17, 15) is 0 Å². The van der Waals surface area contributed by atoms with Crippen LogP contribution in [0, 0.1) is 0 Å². The number of methoxy groups -OCH3 is 2. The zero-order valence-electron chi connectivity index (χ0n) is 11.5. The zero-order chi connectivity index (χ0) is 13.0. The molecule has 3 nitrogen and oxygen atoms in total. The van der Waals surface area contributed by atoms with Gasteiger partial charge in [-0.3, -0.25) is 0 Å². The quantitative estimate of drug-likeness (QED) is 0.840. The molecule has 1 N–H and O–H groups in total. The van der Waals surface area contributed by atoms with Gasteiger partial charge in [0.25, 0.3) is 0 Å². The van der Waals surface area contributed by atoms with Crippen molar-refractivity contribution in [3.8, 4) is 5.75 Å². The van der Waals surface area contributed by atoms with Crippen molar-refractivity contribution in [2.75, 3.05) is 20.8 Å². The molecule has 1 aromatic rings. The van der Waals surface area contributed by atoms with Crippen LogP contribution >= 0.6 is 0 Å². The summed E-state index contributed by atoms with van der Waals surface area (Å²) in [4.78, 5) is 0. The average Bonchev–Trinajstić information content (AvgIpc) is 2.36. The van der Waals surface area contributed by atoms with Gasteiger partial charge in [0.1, 0.15) is 5.75 Å². The Morgan fingerprint density at radius 1 is 1.33 bits per heavy atom. The molecule has 0 bridgehead atoms. The van der Waals surface area contributed by atoms with Gasteiger partial charge in [-0.25, -0.2) is 0 Å². The predicted octanol–water partition coefficient (Wildman–Crippen LogP) is 2.57. The second kappa shape index (κ2) is 6.21. The highest BCUT2D eigenvalue weighted by Crippen LogP contribution is 2.37. The smallest absolute Gasteiger partial charge is 0.119 e. The lowest BCUT2D eigenvalue weighted by atomic mass is 9.76. The van der Waals surface area contributed by atoms with Gasteiger partial charge in [-0.05, 0) is 43.4 Å². The van der Waals surface area contributed by atoms with Crippen molar-refractivity contribution in [2.24, 2.45) is 0 Å². The largest absolute Gasteiger partial charge is 0.497 e. The van der Waals surface area contributed by atoms with Crippen molar-refractivity contribution in [1.29, 1.82) is 0 Å². The summed E-state index contributed by atoms with van der Waals surface area (Å²) in [5, 5.41) is 3.54. The van der Waals surface area contributed by atoms with Gasteiger partial charge in [0.2, 0.25) is 0 Å². The van der Waals surface area contributed by atoms with Gasteiger partial charge in [-0.1, -0.05) is 12.1 Å². The molecule has 0 radical (unpaired) electrons. The van der Waals surface area contributed by atoms with E-state index in [1.807, 2.05) is 6.07 Å². The van der Waals surface area contributed by atoms with Crippen molar-refractivity contribution in [3.05, 3.63) is 29.8 Å². The van der Waals surface area contributed by atoms with Crippen LogP contribution in [0.2, 0.25) is 0 Å². The first kappa shape index (κ1) is 13.4. The van der Waals surface area contributed by atoms with E-state index in [4.69, 9.17) is 9.47 Å². The minimum Gasteiger partial charge on any atom is -0.497 e. The number of nitrogens with one attached hydrogen (secondary N) is 1. The molecule has 1 fully saturated rings. The third-order valence-corrected chi connectivity index (χ3v) is 3.80. The van der Waals surface area contributed by atoms with Crippen molar-refractivity contribution < 1.29 is 9.47 Å². The van der Waals surface area contributed by atoms with E-state index in [0.29, 0.717) is 18.1 Å². The molecule has 1 aromatic carbocycles. The molecule has 3 heteroatoms. The highest BCUT2D eigenvalue weighted by atomic mass is 16.5. The van der Waals surface area contributed by atoms with E-state index < -0.39 is 0 Å². The van der Waals surface area contributed by atoms with Crippen LogP contribution in [0.4, 0.5) is 0 Å². The van der Waals surface area contributed by atoms with Crippen molar-refractivity contribution in [1.82, 2.24) is 5.32 Å². The van der Waals surface area contributed by atoms with Crippen LogP contribution in [0.5, 0.6) is 5.75 Å². The monoisotopic (exact) mass is 249 g/mol. The summed E-state index contributed by atoms with van der Waals surface area (Å²) in [5.74, 6) is 1.63. The number of rotatable bonds is 6. The minimum atomic E-state index is 0.292. The summed E-state index contributed by atoms with van der Waals surface area (Å²) >= 11 is 0. The van der Waals surface area contributed by atoms with Gasteiger partial charge in [-0.15, -0.1) is 0 Å². The van der Waals surface area contributed by atoms with Crippen LogP contribution in [0.3, 0.4) is 0 Å². The molecule has 1 aliphatic rings. The Bertz CT molecular complexity index is 375. The molecule has 0 heterocycles. The first-order chi connectivity index (χ1) is 8.72. The van der Waals surface area contributed by atoms with Crippen LogP contribution in [0.1, 0.15) is 31.2 Å². The van der Waals surface area contributed by atoms with E-state index in [-0.39, 0.29) is 0 Å². The predicted molar refractivity (Wildman–Crippen MR) is 73.2 cm³/mol. The fraction of sp³-hybridized carbons (Fsp3) is 0.600. The summed E-state index contributed by atoms with van der Waals surface area (Å²) < 4.78 is 10.5. The van der Waals surface area contributed by atoms with E-state index in [0.717, 1.165) is 12.3 Å². The molecule has 0 aliphatic heterocycles. The van der Waals surface area contributed by atoms with Crippen LogP contribution in [0.15, 0.2) is 24.3 Å². The van der Waals surface area contributed by atoms with Crippen LogP contribution in [-0.4, -0.2) is 32.9 Å². The molecule has 0 saturated heterocycles. The SMILES string of the molecule is COc1cccc(C2CC(NCC(C)OC)C2)c1. The molecule has 100 valence electrons. The normalized spacial score (nSPS) is 24.4. The van der Waals surface area contributed by atoms with Crippen LogP contribution in [-0.2, 0) is 4.74 Å². The van der Waals surface area contributed by atoms with Gasteiger partial charge < -0.3 is 14.8 Å². The lowest BCUT2D eigenvalue weighted by molar-refractivity contribution is 0.108. The maximum absolute atomic E-state index is 5.26. The topological polar surface area (TPSA) is 30.5 Å². The molecule has 0 spiro atoms. The van der Waals surface area contributed by atoms with E-state index >= 15 is 0 Å². The maximum Gasteiger partial charge on any atom is 0.119 e. The Hall–Kier alpha value is -1.06. The highest BCUT2D eigenvalue weighted by Gasteiger charge is 2.30. The first-order valence-corrected chi connectivity index (χ1v) is 6.63. The van der Waals surface area contributed by atoms with Gasteiger partial charge in [0, 0.05) is 19.7 Å². The fourth-order valence-electron chi connectivity index (χ4n) is 2.37. The van der Waals surface area contributed by atoms with Gasteiger partial charge in [0.15, 0.2) is 0 Å². The van der Waals surface area contributed by atoms with Gasteiger partial charge >= 0.3 is 0 Å². The molecule has 1 unspecified atom stereocenters. The lowest BCUT2D eigenvalue weighted by Crippen LogP contribution is -2.43. The van der Waals surface area contributed by atoms with E-state index in [2.05, 4.69) is 30.4 Å². The molecule has 0 amide bonds. The Kier molecular flexibility index (Phi) is 4.61. The summed E-state index contributed by atoms with van der Waals surface area (Å²) in [5.41, 5.74) is 1.40. The number of ether oxygens (including phenoxy) is 2. The third-order valence-electron chi connectivity index (χ3n) is 3.80. The van der Waals surface area contributed by atoms with Crippen LogP contribution in [0.25, 0.3) is 0 Å². The molecule has 1 saturated carbocycles. The second-order valence-electron chi connectivity index (χ2n) is 5.10. The third kappa shape index (κ3) is 3.24. The van der Waals surface area contributed by atoms with Crippen LogP contribution < -0.4 is 10.1 Å². The number of hydrogen-bond acceptors (Lipinski definition) is 3. The van der Waals surface area contributed by atoms with Gasteiger partial charge in [-0.2, -0.15) is 0 Å². The Morgan fingerprint density at radius 3 is 2.78 bits per heavy atom. The highest BCUT2D eigenvalue weighted by molar-refractivity contribution is 5.32. The average molecular weight is 249 g/mol. The summed E-state index contributed by atoms with van der Waals surface area (Å²) in [6.07, 6.45) is 2.72. The number of hydrogen-bond donors (Lipinski definition) is 1. The summed E-state index contributed by atoms with van der Waals surface area (Å²) in [6.45, 7) is 3.03. The Morgan fingerprint density at radius 2 is 2.11 bits per heavy atom. The molecular weight excluding hydrogens is 226 g/mol. The summed E-state index contributed by atoms with van der Waals surface area (Å²) in [7, 11) is 3.47. The molecular formula is C15H23NO2. The molecule has 0 aromatic heterocycles. The number of benzene rings is 1. The second-order valence-corrected chi connectivity index (χ2v) is 5.10. The minimum absolute atomic E-state index is 0.292. The zero-order valence-corrected chi connectivity index (χ0v) is 11.5. The van der Waals surface area contributed by atoms with Crippen molar-refractivity contribution in [2.45, 2.75) is 37.8 Å². The first-order valence-electron chi connectivity index (χ1n) is 6.63. The van der Waals surface area contributed by atoms with Crippen molar-refractivity contribution in [3.63, 3.8) is 0 Å². The summed E-state index contributed by atoms with van der Waals surface area (Å²) in [6, 6.07) is 9.05. The molecule has 2 rings (SSSR count). The Balaban J connectivity index is 1.78.